The van der Waals surface area contributed by atoms with Crippen LogP contribution < -0.4 is 4.74 Å². The van der Waals surface area contributed by atoms with Crippen LogP contribution in [0.4, 0.5) is 0 Å². The minimum absolute atomic E-state index is 0.254. The van der Waals surface area contributed by atoms with Crippen molar-refractivity contribution in [3.8, 4) is 5.75 Å². The highest BCUT2D eigenvalue weighted by Crippen LogP contribution is 2.18. The summed E-state index contributed by atoms with van der Waals surface area (Å²) in [6.45, 7) is 3.79. The highest BCUT2D eigenvalue weighted by molar-refractivity contribution is 5.28. The predicted molar refractivity (Wildman–Crippen MR) is 88.2 cm³/mol. The molecule has 0 amide bonds. The molecule has 0 radical (unpaired) electrons. The summed E-state index contributed by atoms with van der Waals surface area (Å²) in [5.41, 5.74) is 2.63. The van der Waals surface area contributed by atoms with E-state index >= 15 is 0 Å². The van der Waals surface area contributed by atoms with Gasteiger partial charge in [-0.05, 0) is 23.3 Å². The van der Waals surface area contributed by atoms with Crippen LogP contribution in [0.15, 0.2) is 54.6 Å². The van der Waals surface area contributed by atoms with Gasteiger partial charge in [-0.1, -0.05) is 42.5 Å². The molecule has 1 aliphatic heterocycles. The van der Waals surface area contributed by atoms with Gasteiger partial charge < -0.3 is 9.47 Å². The van der Waals surface area contributed by atoms with E-state index in [9.17, 15) is 0 Å². The molecule has 0 aliphatic carbocycles. The van der Waals surface area contributed by atoms with Gasteiger partial charge in [-0.25, -0.2) is 0 Å². The predicted octanol–water partition coefficient (Wildman–Crippen LogP) is 3.14. The molecule has 3 heteroatoms. The van der Waals surface area contributed by atoms with Gasteiger partial charge in [0.05, 0.1) is 19.8 Å². The lowest BCUT2D eigenvalue weighted by Crippen LogP contribution is -2.42. The van der Waals surface area contributed by atoms with Gasteiger partial charge in [0.15, 0.2) is 0 Å². The number of rotatable bonds is 5. The van der Waals surface area contributed by atoms with E-state index in [0.29, 0.717) is 0 Å². The van der Waals surface area contributed by atoms with Crippen molar-refractivity contribution < 1.29 is 9.47 Å². The van der Waals surface area contributed by atoms with Crippen LogP contribution in [-0.2, 0) is 17.7 Å². The zero-order valence-electron chi connectivity index (χ0n) is 13.1. The van der Waals surface area contributed by atoms with E-state index in [4.69, 9.17) is 9.47 Å². The third kappa shape index (κ3) is 4.09. The molecular weight excluding hydrogens is 274 g/mol. The van der Waals surface area contributed by atoms with Crippen LogP contribution in [0.5, 0.6) is 5.75 Å². The van der Waals surface area contributed by atoms with Gasteiger partial charge in [-0.3, -0.25) is 4.90 Å². The lowest BCUT2D eigenvalue weighted by atomic mass is 10.1. The Labute approximate surface area is 132 Å². The number of ether oxygens (including phenoxy) is 2. The Morgan fingerprint density at radius 2 is 1.91 bits per heavy atom. The van der Waals surface area contributed by atoms with Crippen molar-refractivity contribution in [3.05, 3.63) is 65.7 Å². The number of hydrogen-bond donors (Lipinski definition) is 0. The van der Waals surface area contributed by atoms with E-state index in [2.05, 4.69) is 47.4 Å². The lowest BCUT2D eigenvalue weighted by Gasteiger charge is -2.33. The number of methoxy groups -OCH3 is 1. The van der Waals surface area contributed by atoms with Gasteiger partial charge in [-0.2, -0.15) is 0 Å². The fourth-order valence-corrected chi connectivity index (χ4v) is 2.95. The van der Waals surface area contributed by atoms with Gasteiger partial charge in [0, 0.05) is 26.1 Å². The average molecular weight is 297 g/mol. The Balaban J connectivity index is 1.58. The fourth-order valence-electron chi connectivity index (χ4n) is 2.95. The molecule has 0 N–H and O–H groups in total. The summed E-state index contributed by atoms with van der Waals surface area (Å²) in [4.78, 5) is 2.48. The van der Waals surface area contributed by atoms with Gasteiger partial charge >= 0.3 is 0 Å². The average Bonchev–Trinajstić information content (AvgIpc) is 2.56. The van der Waals surface area contributed by atoms with E-state index < -0.39 is 0 Å². The number of nitrogens with zero attached hydrogens (tertiary/aromatic N) is 1. The molecule has 1 atom stereocenters. The molecule has 1 saturated heterocycles. The van der Waals surface area contributed by atoms with Crippen LogP contribution in [0.1, 0.15) is 11.1 Å². The summed E-state index contributed by atoms with van der Waals surface area (Å²) >= 11 is 0. The normalized spacial score (nSPS) is 19.0. The minimum atomic E-state index is 0.254. The maximum atomic E-state index is 5.94. The molecule has 1 heterocycles. The van der Waals surface area contributed by atoms with Crippen molar-refractivity contribution in [2.45, 2.75) is 19.1 Å². The molecular formula is C19H23NO2. The molecule has 3 nitrogen and oxygen atoms in total. The van der Waals surface area contributed by atoms with Crippen LogP contribution in [0.3, 0.4) is 0 Å². The van der Waals surface area contributed by atoms with E-state index in [-0.39, 0.29) is 6.10 Å². The van der Waals surface area contributed by atoms with Crippen LogP contribution in [-0.4, -0.2) is 37.8 Å². The molecule has 1 unspecified atom stereocenters. The first-order chi connectivity index (χ1) is 10.8. The Kier molecular flexibility index (Phi) is 5.09. The second-order valence-electron chi connectivity index (χ2n) is 5.77. The molecule has 2 aromatic carbocycles. The lowest BCUT2D eigenvalue weighted by molar-refractivity contribution is -0.0305. The van der Waals surface area contributed by atoms with Crippen molar-refractivity contribution in [1.82, 2.24) is 4.90 Å². The third-order valence-electron chi connectivity index (χ3n) is 4.07. The zero-order valence-corrected chi connectivity index (χ0v) is 13.1. The number of hydrogen-bond acceptors (Lipinski definition) is 3. The first kappa shape index (κ1) is 15.1. The van der Waals surface area contributed by atoms with Gasteiger partial charge in [-0.15, -0.1) is 0 Å². The first-order valence-corrected chi connectivity index (χ1v) is 7.84. The smallest absolute Gasteiger partial charge is 0.119 e. The molecule has 3 rings (SSSR count). The minimum Gasteiger partial charge on any atom is -0.497 e. The molecule has 0 spiro atoms. The molecule has 1 fully saturated rings. The number of benzene rings is 2. The summed E-state index contributed by atoms with van der Waals surface area (Å²) in [5.74, 6) is 0.912. The van der Waals surface area contributed by atoms with E-state index in [1.54, 1.807) is 7.11 Å². The van der Waals surface area contributed by atoms with Gasteiger partial charge in [0.1, 0.15) is 5.75 Å². The molecule has 0 bridgehead atoms. The summed E-state index contributed by atoms with van der Waals surface area (Å²) in [6, 6.07) is 18.9. The summed E-state index contributed by atoms with van der Waals surface area (Å²) < 4.78 is 11.2. The SMILES string of the molecule is COc1cccc(CC2CN(Cc3ccccc3)CCO2)c1. The quantitative estimate of drug-likeness (QED) is 0.846. The fraction of sp³-hybridized carbons (Fsp3) is 0.368. The second kappa shape index (κ2) is 7.43. The summed E-state index contributed by atoms with van der Waals surface area (Å²) in [6.07, 6.45) is 1.19. The molecule has 1 aliphatic rings. The van der Waals surface area contributed by atoms with Crippen molar-refractivity contribution in [2.24, 2.45) is 0 Å². The molecule has 22 heavy (non-hydrogen) atoms. The molecule has 0 aromatic heterocycles. The van der Waals surface area contributed by atoms with Crippen LogP contribution in [0.25, 0.3) is 0 Å². The van der Waals surface area contributed by atoms with Gasteiger partial charge in [0.2, 0.25) is 0 Å². The Bertz CT molecular complexity index is 585. The summed E-state index contributed by atoms with van der Waals surface area (Å²) in [7, 11) is 1.71. The maximum absolute atomic E-state index is 5.94. The Morgan fingerprint density at radius 1 is 1.09 bits per heavy atom. The summed E-state index contributed by atoms with van der Waals surface area (Å²) in [5, 5.41) is 0. The molecule has 2 aromatic rings. The van der Waals surface area contributed by atoms with Crippen LogP contribution >= 0.6 is 0 Å². The molecule has 0 saturated carbocycles. The van der Waals surface area contributed by atoms with Gasteiger partial charge in [0.25, 0.3) is 0 Å². The van der Waals surface area contributed by atoms with Crippen LogP contribution in [0, 0.1) is 0 Å². The highest BCUT2D eigenvalue weighted by atomic mass is 16.5. The standard InChI is InChI=1S/C19H23NO2/c1-21-18-9-5-8-17(12-18)13-19-15-20(10-11-22-19)14-16-6-3-2-4-7-16/h2-9,12,19H,10-11,13-15H2,1H3. The van der Waals surface area contributed by atoms with E-state index in [0.717, 1.165) is 38.4 Å². The number of morpholine rings is 1. The highest BCUT2D eigenvalue weighted by Gasteiger charge is 2.20. The monoisotopic (exact) mass is 297 g/mol. The zero-order chi connectivity index (χ0) is 15.2. The Morgan fingerprint density at radius 3 is 2.73 bits per heavy atom. The topological polar surface area (TPSA) is 21.7 Å². The third-order valence-corrected chi connectivity index (χ3v) is 4.07. The van der Waals surface area contributed by atoms with Crippen LogP contribution in [0.2, 0.25) is 0 Å². The van der Waals surface area contributed by atoms with E-state index in [1.165, 1.54) is 11.1 Å². The molecule has 116 valence electrons. The largest absolute Gasteiger partial charge is 0.497 e. The van der Waals surface area contributed by atoms with Crippen molar-refractivity contribution >= 4 is 0 Å². The van der Waals surface area contributed by atoms with Crippen molar-refractivity contribution in [1.29, 1.82) is 0 Å². The van der Waals surface area contributed by atoms with Crippen molar-refractivity contribution in [2.75, 3.05) is 26.8 Å². The first-order valence-electron chi connectivity index (χ1n) is 7.84. The van der Waals surface area contributed by atoms with E-state index in [1.807, 2.05) is 12.1 Å². The maximum Gasteiger partial charge on any atom is 0.119 e. The Hall–Kier alpha value is -1.84. The second-order valence-corrected chi connectivity index (χ2v) is 5.77. The van der Waals surface area contributed by atoms with Crippen molar-refractivity contribution in [3.63, 3.8) is 0 Å².